The fraction of sp³-hybridized carbons (Fsp3) is 0. The lowest BCUT2D eigenvalue weighted by Crippen LogP contribution is -1.93. The molecular weight excluding hydrogens is 641 g/mol. The molecule has 53 heavy (non-hydrogen) atoms. The van der Waals surface area contributed by atoms with E-state index < -0.39 is 0 Å². The lowest BCUT2D eigenvalue weighted by atomic mass is 9.82. The average molecular weight is 673 g/mol. The molecule has 0 aliphatic rings. The highest BCUT2D eigenvalue weighted by molar-refractivity contribution is 6.28. The number of fused-ring (bicyclic) bond motifs is 8. The second-order valence-electron chi connectivity index (χ2n) is 14.0. The Labute approximate surface area is 307 Å². The standard InChI is InChI=1S/C52H32O/c1-3-13-33(14-4-1)36-26-29-44-46(31-36)51(45-23-12-24-49-52(45)47-32-37(27-30-48(47)53-49)34-15-5-2-6-16-34)43-20-10-9-19-42(43)50(44)41-22-11-21-39-38-18-8-7-17-35(38)25-28-40(39)41/h1-32H. The maximum absolute atomic E-state index is 6.60. The minimum atomic E-state index is 0.893. The van der Waals surface area contributed by atoms with E-state index in [1.165, 1.54) is 87.6 Å². The average Bonchev–Trinajstić information content (AvgIpc) is 3.61. The summed E-state index contributed by atoms with van der Waals surface area (Å²) in [5, 5.41) is 12.2. The van der Waals surface area contributed by atoms with Crippen molar-refractivity contribution in [3.63, 3.8) is 0 Å². The molecule has 0 unspecified atom stereocenters. The third-order valence-electron chi connectivity index (χ3n) is 11.1. The summed E-state index contributed by atoms with van der Waals surface area (Å²) < 4.78 is 6.60. The summed E-state index contributed by atoms with van der Waals surface area (Å²) in [5.74, 6) is 0. The van der Waals surface area contributed by atoms with E-state index in [-0.39, 0.29) is 0 Å². The van der Waals surface area contributed by atoms with Gasteiger partial charge in [-0.1, -0.05) is 170 Å². The van der Waals surface area contributed by atoms with Crippen molar-refractivity contribution in [3.8, 4) is 44.5 Å². The van der Waals surface area contributed by atoms with E-state index >= 15 is 0 Å². The molecule has 11 aromatic rings. The molecule has 10 aromatic carbocycles. The molecule has 0 saturated carbocycles. The third kappa shape index (κ3) is 4.64. The zero-order valence-electron chi connectivity index (χ0n) is 28.9. The van der Waals surface area contributed by atoms with E-state index in [2.05, 4.69) is 194 Å². The van der Waals surface area contributed by atoms with E-state index in [9.17, 15) is 0 Å². The first-order chi connectivity index (χ1) is 26.3. The normalized spacial score (nSPS) is 11.8. The van der Waals surface area contributed by atoms with Gasteiger partial charge in [-0.15, -0.1) is 0 Å². The number of furan rings is 1. The second kappa shape index (κ2) is 11.8. The fourth-order valence-electron chi connectivity index (χ4n) is 8.67. The molecular formula is C52H32O. The summed E-state index contributed by atoms with van der Waals surface area (Å²) >= 11 is 0. The lowest BCUT2D eigenvalue weighted by molar-refractivity contribution is 0.669. The minimum absolute atomic E-state index is 0.893. The maximum atomic E-state index is 6.60. The Morgan fingerprint density at radius 2 is 0.811 bits per heavy atom. The van der Waals surface area contributed by atoms with Crippen molar-refractivity contribution in [1.82, 2.24) is 0 Å². The van der Waals surface area contributed by atoms with Crippen LogP contribution >= 0.6 is 0 Å². The van der Waals surface area contributed by atoms with Gasteiger partial charge in [0.1, 0.15) is 11.2 Å². The highest BCUT2D eigenvalue weighted by atomic mass is 16.3. The van der Waals surface area contributed by atoms with Crippen LogP contribution in [0.3, 0.4) is 0 Å². The van der Waals surface area contributed by atoms with Crippen molar-refractivity contribution in [2.24, 2.45) is 0 Å². The molecule has 0 aliphatic carbocycles. The van der Waals surface area contributed by atoms with Gasteiger partial charge in [0.05, 0.1) is 0 Å². The van der Waals surface area contributed by atoms with Crippen LogP contribution in [0.15, 0.2) is 199 Å². The molecule has 0 saturated heterocycles. The minimum Gasteiger partial charge on any atom is -0.456 e. The summed E-state index contributed by atoms with van der Waals surface area (Å²) in [6, 6.07) is 70.6. The van der Waals surface area contributed by atoms with Crippen molar-refractivity contribution >= 4 is 65.0 Å². The Morgan fingerprint density at radius 1 is 0.264 bits per heavy atom. The summed E-state index contributed by atoms with van der Waals surface area (Å²) in [6.45, 7) is 0. The first kappa shape index (κ1) is 29.7. The zero-order chi connectivity index (χ0) is 34.9. The van der Waals surface area contributed by atoms with Gasteiger partial charge >= 0.3 is 0 Å². The van der Waals surface area contributed by atoms with Crippen molar-refractivity contribution in [3.05, 3.63) is 194 Å². The van der Waals surface area contributed by atoms with E-state index in [1.54, 1.807) is 0 Å². The molecule has 1 aromatic heterocycles. The van der Waals surface area contributed by atoms with Crippen LogP contribution in [-0.4, -0.2) is 0 Å². The second-order valence-corrected chi connectivity index (χ2v) is 14.0. The van der Waals surface area contributed by atoms with E-state index in [0.29, 0.717) is 0 Å². The molecule has 0 aliphatic heterocycles. The highest BCUT2D eigenvalue weighted by Crippen LogP contribution is 2.49. The van der Waals surface area contributed by atoms with Gasteiger partial charge in [-0.05, 0) is 112 Å². The van der Waals surface area contributed by atoms with Gasteiger partial charge in [-0.3, -0.25) is 0 Å². The van der Waals surface area contributed by atoms with Crippen LogP contribution in [0, 0.1) is 0 Å². The molecule has 0 atom stereocenters. The SMILES string of the molecule is c1ccc(-c2ccc3c(-c4cccc5c4ccc4ccccc45)c4ccccc4c(-c4cccc5oc6ccc(-c7ccccc7)cc6c45)c3c2)cc1. The number of hydrogen-bond acceptors (Lipinski definition) is 1. The topological polar surface area (TPSA) is 13.1 Å². The summed E-state index contributed by atoms with van der Waals surface area (Å²) in [5.41, 5.74) is 11.5. The molecule has 0 bridgehead atoms. The lowest BCUT2D eigenvalue weighted by Gasteiger charge is -2.20. The van der Waals surface area contributed by atoms with Crippen LogP contribution in [-0.2, 0) is 0 Å². The molecule has 246 valence electrons. The molecule has 0 fully saturated rings. The van der Waals surface area contributed by atoms with Crippen molar-refractivity contribution < 1.29 is 4.42 Å². The smallest absolute Gasteiger partial charge is 0.136 e. The Morgan fingerprint density at radius 3 is 1.57 bits per heavy atom. The van der Waals surface area contributed by atoms with Crippen LogP contribution in [0.2, 0.25) is 0 Å². The third-order valence-corrected chi connectivity index (χ3v) is 11.1. The van der Waals surface area contributed by atoms with E-state index in [4.69, 9.17) is 4.42 Å². The summed E-state index contributed by atoms with van der Waals surface area (Å²) in [4.78, 5) is 0. The quantitative estimate of drug-likeness (QED) is 0.134. The van der Waals surface area contributed by atoms with Gasteiger partial charge in [0, 0.05) is 10.8 Å². The summed E-state index contributed by atoms with van der Waals surface area (Å²) in [6.07, 6.45) is 0. The van der Waals surface area contributed by atoms with Gasteiger partial charge in [0.2, 0.25) is 0 Å². The Hall–Kier alpha value is -6.96. The maximum Gasteiger partial charge on any atom is 0.136 e. The van der Waals surface area contributed by atoms with Crippen LogP contribution in [0.25, 0.3) is 110 Å². The Balaban J connectivity index is 1.28. The van der Waals surface area contributed by atoms with Crippen LogP contribution in [0.5, 0.6) is 0 Å². The Kier molecular flexibility index (Phi) is 6.62. The summed E-state index contributed by atoms with van der Waals surface area (Å²) in [7, 11) is 0. The molecule has 0 spiro atoms. The monoisotopic (exact) mass is 672 g/mol. The first-order valence-corrected chi connectivity index (χ1v) is 18.3. The number of benzene rings is 10. The molecule has 1 heteroatoms. The fourth-order valence-corrected chi connectivity index (χ4v) is 8.67. The van der Waals surface area contributed by atoms with Crippen LogP contribution < -0.4 is 0 Å². The number of rotatable bonds is 4. The number of hydrogen-bond donors (Lipinski definition) is 0. The zero-order valence-corrected chi connectivity index (χ0v) is 28.9. The predicted octanol–water partition coefficient (Wildman–Crippen LogP) is 14.9. The predicted molar refractivity (Wildman–Crippen MR) is 225 cm³/mol. The van der Waals surface area contributed by atoms with Crippen molar-refractivity contribution in [1.29, 1.82) is 0 Å². The van der Waals surface area contributed by atoms with Gasteiger partial charge < -0.3 is 4.42 Å². The van der Waals surface area contributed by atoms with E-state index in [0.717, 1.165) is 21.9 Å². The molecule has 0 N–H and O–H groups in total. The van der Waals surface area contributed by atoms with Gasteiger partial charge in [-0.2, -0.15) is 0 Å². The molecule has 0 radical (unpaired) electrons. The van der Waals surface area contributed by atoms with Crippen molar-refractivity contribution in [2.75, 3.05) is 0 Å². The van der Waals surface area contributed by atoms with Gasteiger partial charge in [-0.25, -0.2) is 0 Å². The first-order valence-electron chi connectivity index (χ1n) is 18.3. The molecule has 1 nitrogen and oxygen atoms in total. The molecule has 0 amide bonds. The molecule has 11 rings (SSSR count). The van der Waals surface area contributed by atoms with Crippen molar-refractivity contribution in [2.45, 2.75) is 0 Å². The highest BCUT2D eigenvalue weighted by Gasteiger charge is 2.22. The van der Waals surface area contributed by atoms with E-state index in [1.807, 2.05) is 0 Å². The van der Waals surface area contributed by atoms with Gasteiger partial charge in [0.15, 0.2) is 0 Å². The van der Waals surface area contributed by atoms with Gasteiger partial charge in [0.25, 0.3) is 0 Å². The Bertz CT molecular complexity index is 3210. The van der Waals surface area contributed by atoms with Crippen LogP contribution in [0.1, 0.15) is 0 Å². The largest absolute Gasteiger partial charge is 0.456 e. The van der Waals surface area contributed by atoms with Crippen LogP contribution in [0.4, 0.5) is 0 Å². The molecule has 1 heterocycles.